The maximum absolute atomic E-state index is 12.2. The number of carbonyl (C=O) groups excluding carboxylic acids is 2. The Hall–Kier alpha value is -2.09. The van der Waals surface area contributed by atoms with Gasteiger partial charge in [0.1, 0.15) is 0 Å². The number of benzene rings is 1. The lowest BCUT2D eigenvalue weighted by molar-refractivity contribution is -0.116. The van der Waals surface area contributed by atoms with Crippen LogP contribution in [0.3, 0.4) is 0 Å². The molecule has 2 saturated heterocycles. The molecule has 2 aliphatic rings. The zero-order valence-electron chi connectivity index (χ0n) is 14.1. The standard InChI is InChI=1S/C17H23N3O4S/c1-11-6-8-12(9-7-11)18-15(21)5-3-2-4-14-16-13(10-25(14,23)24)19-17(22)20-16/h6-9,13-14,16H,2-5,10H2,1H3,(H,18,21)(H2,19,20,22)/t13-,14+,16-/m0/s1. The third-order valence-electron chi connectivity index (χ3n) is 4.80. The van der Waals surface area contributed by atoms with Crippen LogP contribution in [-0.2, 0) is 14.6 Å². The van der Waals surface area contributed by atoms with Crippen molar-refractivity contribution < 1.29 is 18.0 Å². The number of hydrogen-bond donors (Lipinski definition) is 3. The summed E-state index contributed by atoms with van der Waals surface area (Å²) in [7, 11) is -3.20. The molecule has 0 bridgehead atoms. The SMILES string of the molecule is Cc1ccc(NC(=O)CCCC[C@@H]2[C@H]3NC(=O)N[C@H]3CS2(=O)=O)cc1. The van der Waals surface area contributed by atoms with Crippen molar-refractivity contribution in [1.82, 2.24) is 10.6 Å². The molecule has 3 atom stereocenters. The van der Waals surface area contributed by atoms with E-state index in [4.69, 9.17) is 0 Å². The average molecular weight is 365 g/mol. The first-order valence-corrected chi connectivity index (χ1v) is 10.2. The molecule has 7 nitrogen and oxygen atoms in total. The summed E-state index contributed by atoms with van der Waals surface area (Å²) in [5, 5.41) is 7.62. The molecule has 0 aliphatic carbocycles. The molecule has 0 spiro atoms. The first-order chi connectivity index (χ1) is 11.8. The highest BCUT2D eigenvalue weighted by Gasteiger charge is 2.51. The molecular weight excluding hydrogens is 342 g/mol. The summed E-state index contributed by atoms with van der Waals surface area (Å²) in [6.45, 7) is 1.98. The fourth-order valence-corrected chi connectivity index (χ4v) is 5.77. The molecule has 2 fully saturated rings. The van der Waals surface area contributed by atoms with E-state index in [1.54, 1.807) is 0 Å². The van der Waals surface area contributed by atoms with Crippen molar-refractivity contribution in [1.29, 1.82) is 0 Å². The molecule has 1 aromatic rings. The molecule has 2 aliphatic heterocycles. The highest BCUT2D eigenvalue weighted by Crippen LogP contribution is 2.28. The van der Waals surface area contributed by atoms with Gasteiger partial charge in [-0.15, -0.1) is 0 Å². The lowest BCUT2D eigenvalue weighted by Gasteiger charge is -2.16. The van der Waals surface area contributed by atoms with Gasteiger partial charge in [-0.3, -0.25) is 4.79 Å². The van der Waals surface area contributed by atoms with Crippen molar-refractivity contribution in [2.45, 2.75) is 49.9 Å². The van der Waals surface area contributed by atoms with Gasteiger partial charge in [0.25, 0.3) is 0 Å². The van der Waals surface area contributed by atoms with Crippen LogP contribution in [-0.4, -0.2) is 43.4 Å². The minimum atomic E-state index is -3.20. The molecule has 25 heavy (non-hydrogen) atoms. The Bertz CT molecular complexity index is 761. The number of carbonyl (C=O) groups is 2. The Labute approximate surface area is 147 Å². The highest BCUT2D eigenvalue weighted by atomic mass is 32.2. The molecule has 1 aromatic carbocycles. The summed E-state index contributed by atoms with van der Waals surface area (Å²) in [6, 6.07) is 6.60. The van der Waals surface area contributed by atoms with E-state index < -0.39 is 15.1 Å². The molecule has 3 rings (SSSR count). The lowest BCUT2D eigenvalue weighted by Crippen LogP contribution is -2.39. The van der Waals surface area contributed by atoms with Crippen LogP contribution < -0.4 is 16.0 Å². The van der Waals surface area contributed by atoms with E-state index in [9.17, 15) is 18.0 Å². The summed E-state index contributed by atoms with van der Waals surface area (Å²) >= 11 is 0. The monoisotopic (exact) mass is 365 g/mol. The number of anilines is 1. The number of nitrogens with one attached hydrogen (secondary N) is 3. The van der Waals surface area contributed by atoms with Crippen molar-refractivity contribution in [3.05, 3.63) is 29.8 Å². The Kier molecular flexibility index (Phi) is 4.99. The molecule has 0 aromatic heterocycles. The predicted molar refractivity (Wildman–Crippen MR) is 95.1 cm³/mol. The molecule has 8 heteroatoms. The smallest absolute Gasteiger partial charge is 0.315 e. The molecule has 0 saturated carbocycles. The van der Waals surface area contributed by atoms with Gasteiger partial charge in [-0.2, -0.15) is 0 Å². The van der Waals surface area contributed by atoms with Gasteiger partial charge in [0.05, 0.1) is 23.1 Å². The quantitative estimate of drug-likeness (QED) is 0.523. The summed E-state index contributed by atoms with van der Waals surface area (Å²) in [5.41, 5.74) is 1.89. The van der Waals surface area contributed by atoms with Gasteiger partial charge >= 0.3 is 6.03 Å². The normalized spacial score (nSPS) is 26.6. The third-order valence-corrected chi connectivity index (χ3v) is 7.07. The van der Waals surface area contributed by atoms with Crippen LogP contribution in [0.5, 0.6) is 0 Å². The van der Waals surface area contributed by atoms with E-state index in [0.29, 0.717) is 25.7 Å². The van der Waals surface area contributed by atoms with Crippen LogP contribution >= 0.6 is 0 Å². The second-order valence-electron chi connectivity index (χ2n) is 6.78. The molecule has 3 amide bonds. The maximum Gasteiger partial charge on any atom is 0.315 e. The summed E-state index contributed by atoms with van der Waals surface area (Å²) in [5.74, 6) is -0.0820. The van der Waals surface area contributed by atoms with Crippen LogP contribution in [0.1, 0.15) is 31.2 Å². The lowest BCUT2D eigenvalue weighted by atomic mass is 10.0. The van der Waals surface area contributed by atoms with Crippen LogP contribution in [0.15, 0.2) is 24.3 Å². The van der Waals surface area contributed by atoms with Crippen molar-refractivity contribution in [2.24, 2.45) is 0 Å². The van der Waals surface area contributed by atoms with Gasteiger partial charge in [0, 0.05) is 12.1 Å². The Morgan fingerprint density at radius 3 is 2.64 bits per heavy atom. The summed E-state index contributed by atoms with van der Waals surface area (Å²) < 4.78 is 24.4. The maximum atomic E-state index is 12.2. The minimum absolute atomic E-state index is 0.00498. The van der Waals surface area contributed by atoms with Crippen molar-refractivity contribution >= 4 is 27.5 Å². The summed E-state index contributed by atoms with van der Waals surface area (Å²) in [6.07, 6.45) is 2.05. The number of sulfone groups is 1. The van der Waals surface area contributed by atoms with Crippen molar-refractivity contribution in [3.8, 4) is 0 Å². The highest BCUT2D eigenvalue weighted by molar-refractivity contribution is 7.92. The van der Waals surface area contributed by atoms with Crippen LogP contribution in [0.25, 0.3) is 0 Å². The molecular formula is C17H23N3O4S. The molecule has 136 valence electrons. The molecule has 0 unspecified atom stereocenters. The zero-order valence-corrected chi connectivity index (χ0v) is 14.9. The first-order valence-electron chi connectivity index (χ1n) is 8.50. The average Bonchev–Trinajstić information content (AvgIpc) is 2.98. The number of aryl methyl sites for hydroxylation is 1. The zero-order chi connectivity index (χ0) is 18.0. The number of amides is 3. The largest absolute Gasteiger partial charge is 0.332 e. The Balaban J connectivity index is 1.44. The predicted octanol–water partition coefficient (Wildman–Crippen LogP) is 1.34. The first kappa shape index (κ1) is 17.7. The fourth-order valence-electron chi connectivity index (χ4n) is 3.50. The van der Waals surface area contributed by atoms with E-state index in [1.165, 1.54) is 0 Å². The molecule has 0 radical (unpaired) electrons. The van der Waals surface area contributed by atoms with Gasteiger partial charge in [-0.25, -0.2) is 13.2 Å². The van der Waals surface area contributed by atoms with Crippen LogP contribution in [0, 0.1) is 6.92 Å². The Morgan fingerprint density at radius 1 is 1.20 bits per heavy atom. The Morgan fingerprint density at radius 2 is 1.92 bits per heavy atom. The van der Waals surface area contributed by atoms with Crippen molar-refractivity contribution in [3.63, 3.8) is 0 Å². The van der Waals surface area contributed by atoms with Crippen LogP contribution in [0.4, 0.5) is 10.5 Å². The van der Waals surface area contributed by atoms with E-state index in [-0.39, 0.29) is 29.8 Å². The number of hydrogen-bond acceptors (Lipinski definition) is 4. The van der Waals surface area contributed by atoms with Crippen LogP contribution in [0.2, 0.25) is 0 Å². The van der Waals surface area contributed by atoms with Gasteiger partial charge in [-0.05, 0) is 31.9 Å². The minimum Gasteiger partial charge on any atom is -0.332 e. The van der Waals surface area contributed by atoms with Crippen molar-refractivity contribution in [2.75, 3.05) is 11.1 Å². The number of fused-ring (bicyclic) bond motifs is 1. The van der Waals surface area contributed by atoms with E-state index in [0.717, 1.165) is 11.3 Å². The van der Waals surface area contributed by atoms with E-state index >= 15 is 0 Å². The van der Waals surface area contributed by atoms with Gasteiger partial charge in [-0.1, -0.05) is 24.1 Å². The second kappa shape index (κ2) is 7.03. The molecule has 2 heterocycles. The van der Waals surface area contributed by atoms with Gasteiger partial charge < -0.3 is 16.0 Å². The van der Waals surface area contributed by atoms with E-state index in [1.807, 2.05) is 31.2 Å². The van der Waals surface area contributed by atoms with Gasteiger partial charge in [0.15, 0.2) is 9.84 Å². The summed E-state index contributed by atoms with van der Waals surface area (Å²) in [4.78, 5) is 23.3. The number of rotatable bonds is 6. The second-order valence-corrected chi connectivity index (χ2v) is 9.04. The molecule has 3 N–H and O–H groups in total. The van der Waals surface area contributed by atoms with E-state index in [2.05, 4.69) is 16.0 Å². The number of unbranched alkanes of at least 4 members (excludes halogenated alkanes) is 1. The van der Waals surface area contributed by atoms with Gasteiger partial charge in [0.2, 0.25) is 5.91 Å². The fraction of sp³-hybridized carbons (Fsp3) is 0.529. The third kappa shape index (κ3) is 4.12. The topological polar surface area (TPSA) is 104 Å². The number of urea groups is 1.